The Bertz CT molecular complexity index is 1230. The molecule has 2 atom stereocenters. The molecular formula is C25H23ClN4O2. The van der Waals surface area contributed by atoms with Gasteiger partial charge >= 0.3 is 0 Å². The molecule has 0 bridgehead atoms. The van der Waals surface area contributed by atoms with Crippen LogP contribution >= 0.6 is 11.6 Å². The number of aryl methyl sites for hydroxylation is 1. The minimum absolute atomic E-state index is 0.00404. The topological polar surface area (TPSA) is 73.0 Å². The highest BCUT2D eigenvalue weighted by Crippen LogP contribution is 2.34. The molecule has 2 aromatic heterocycles. The van der Waals surface area contributed by atoms with Crippen molar-refractivity contribution in [3.63, 3.8) is 0 Å². The third-order valence-electron chi connectivity index (χ3n) is 6.13. The number of fused-ring (bicyclic) bond motifs is 1. The molecule has 5 rings (SSSR count). The average Bonchev–Trinajstić information content (AvgIpc) is 3.46. The molecule has 0 saturated heterocycles. The van der Waals surface area contributed by atoms with Crippen LogP contribution in [0, 0.1) is 0 Å². The molecule has 32 heavy (non-hydrogen) atoms. The number of amides is 1. The second kappa shape index (κ2) is 8.63. The summed E-state index contributed by atoms with van der Waals surface area (Å²) in [6, 6.07) is 18.1. The van der Waals surface area contributed by atoms with Crippen LogP contribution in [0.2, 0.25) is 5.02 Å². The molecule has 1 aliphatic rings. The van der Waals surface area contributed by atoms with Gasteiger partial charge in [-0.25, -0.2) is 0 Å². The maximum atomic E-state index is 13.0. The van der Waals surface area contributed by atoms with Gasteiger partial charge < -0.3 is 9.84 Å². The molecule has 0 aliphatic heterocycles. The van der Waals surface area contributed by atoms with Crippen LogP contribution in [0.25, 0.3) is 0 Å². The van der Waals surface area contributed by atoms with Gasteiger partial charge in [0.15, 0.2) is 5.69 Å². The number of anilines is 1. The van der Waals surface area contributed by atoms with Crippen LogP contribution in [0.4, 0.5) is 5.69 Å². The summed E-state index contributed by atoms with van der Waals surface area (Å²) in [6.45, 7) is 2.04. The number of carbonyl (C=O) groups is 1. The van der Waals surface area contributed by atoms with Crippen molar-refractivity contribution in [2.45, 2.75) is 38.1 Å². The second-order valence-corrected chi connectivity index (χ2v) is 8.61. The van der Waals surface area contributed by atoms with E-state index >= 15 is 0 Å². The molecule has 0 fully saturated rings. The van der Waals surface area contributed by atoms with Gasteiger partial charge in [0.1, 0.15) is 5.76 Å². The number of benzene rings is 2. The normalized spacial score (nSPS) is 16.4. The van der Waals surface area contributed by atoms with E-state index in [0.29, 0.717) is 22.3 Å². The van der Waals surface area contributed by atoms with Gasteiger partial charge in [-0.1, -0.05) is 59.2 Å². The molecule has 4 aromatic rings. The molecule has 6 nitrogen and oxygen atoms in total. The number of hydrogen-bond acceptors (Lipinski definition) is 4. The van der Waals surface area contributed by atoms with Crippen molar-refractivity contribution >= 4 is 23.2 Å². The van der Waals surface area contributed by atoms with E-state index in [1.165, 1.54) is 5.56 Å². The highest BCUT2D eigenvalue weighted by atomic mass is 35.5. The van der Waals surface area contributed by atoms with Crippen LogP contribution in [0.15, 0.2) is 71.5 Å². The van der Waals surface area contributed by atoms with E-state index in [0.717, 1.165) is 36.1 Å². The average molecular weight is 447 g/mol. The van der Waals surface area contributed by atoms with Crippen molar-refractivity contribution in [1.82, 2.24) is 14.9 Å². The molecular weight excluding hydrogens is 424 g/mol. The zero-order chi connectivity index (χ0) is 22.1. The Hall–Kier alpha value is -3.38. The maximum Gasteiger partial charge on any atom is 0.278 e. The van der Waals surface area contributed by atoms with Crippen molar-refractivity contribution in [2.24, 2.45) is 0 Å². The minimum Gasteiger partial charge on any atom is -0.360 e. The molecule has 2 aromatic carbocycles. The van der Waals surface area contributed by atoms with E-state index in [1.807, 2.05) is 48.1 Å². The smallest absolute Gasteiger partial charge is 0.278 e. The van der Waals surface area contributed by atoms with Crippen LogP contribution < -0.4 is 5.32 Å². The van der Waals surface area contributed by atoms with Crippen LogP contribution in [-0.2, 0) is 12.8 Å². The zero-order valence-electron chi connectivity index (χ0n) is 17.7. The molecule has 7 heteroatoms. The van der Waals surface area contributed by atoms with Crippen molar-refractivity contribution in [2.75, 3.05) is 5.32 Å². The zero-order valence-corrected chi connectivity index (χ0v) is 18.4. The second-order valence-electron chi connectivity index (χ2n) is 8.17. The van der Waals surface area contributed by atoms with Crippen LogP contribution in [-0.4, -0.2) is 20.8 Å². The van der Waals surface area contributed by atoms with Gasteiger partial charge in [-0.05, 0) is 48.9 Å². The van der Waals surface area contributed by atoms with Crippen LogP contribution in [0.5, 0.6) is 0 Å². The molecule has 1 N–H and O–H groups in total. The summed E-state index contributed by atoms with van der Waals surface area (Å²) >= 11 is 5.98. The number of carbonyl (C=O) groups excluding carboxylic acids is 1. The fourth-order valence-electron chi connectivity index (χ4n) is 4.29. The fraction of sp³-hybridized carbons (Fsp3) is 0.240. The van der Waals surface area contributed by atoms with Crippen LogP contribution in [0.1, 0.15) is 58.2 Å². The van der Waals surface area contributed by atoms with Gasteiger partial charge in [0.25, 0.3) is 5.91 Å². The molecule has 0 radical (unpaired) electrons. The molecule has 2 heterocycles. The van der Waals surface area contributed by atoms with E-state index in [9.17, 15) is 4.79 Å². The first-order valence-electron chi connectivity index (χ1n) is 10.7. The summed E-state index contributed by atoms with van der Waals surface area (Å²) in [6.07, 6.45) is 5.98. The lowest BCUT2D eigenvalue weighted by Gasteiger charge is -2.21. The van der Waals surface area contributed by atoms with Crippen molar-refractivity contribution in [3.8, 4) is 0 Å². The Kier molecular flexibility index (Phi) is 5.53. The summed E-state index contributed by atoms with van der Waals surface area (Å²) < 4.78 is 7.31. The van der Waals surface area contributed by atoms with Crippen molar-refractivity contribution < 1.29 is 9.32 Å². The number of nitrogens with one attached hydrogen (secondary N) is 1. The molecule has 162 valence electrons. The lowest BCUT2D eigenvalue weighted by molar-refractivity contribution is 0.101. The number of aromatic nitrogens is 3. The summed E-state index contributed by atoms with van der Waals surface area (Å²) in [5.74, 6) is 0.898. The maximum absolute atomic E-state index is 13.0. The Morgan fingerprint density at radius 2 is 1.97 bits per heavy atom. The molecule has 2 unspecified atom stereocenters. The third kappa shape index (κ3) is 4.06. The van der Waals surface area contributed by atoms with Gasteiger partial charge in [-0.3, -0.25) is 9.48 Å². The highest BCUT2D eigenvalue weighted by molar-refractivity contribution is 6.30. The number of nitrogens with zero attached hydrogens (tertiary/aromatic N) is 3. The summed E-state index contributed by atoms with van der Waals surface area (Å²) in [7, 11) is 0. The first-order chi connectivity index (χ1) is 15.6. The number of halogens is 1. The van der Waals surface area contributed by atoms with Crippen molar-refractivity contribution in [1.29, 1.82) is 0 Å². The van der Waals surface area contributed by atoms with Crippen molar-refractivity contribution in [3.05, 3.63) is 100 Å². The summed E-state index contributed by atoms with van der Waals surface area (Å²) in [4.78, 5) is 13.0. The number of rotatable bonds is 5. The first kappa shape index (κ1) is 20.5. The number of hydrogen-bond donors (Lipinski definition) is 1. The fourth-order valence-corrected chi connectivity index (χ4v) is 4.42. The first-order valence-corrected chi connectivity index (χ1v) is 11.1. The highest BCUT2D eigenvalue weighted by Gasteiger charge is 2.29. The van der Waals surface area contributed by atoms with E-state index in [2.05, 4.69) is 39.8 Å². The Morgan fingerprint density at radius 1 is 1.19 bits per heavy atom. The van der Waals surface area contributed by atoms with Gasteiger partial charge in [0.2, 0.25) is 0 Å². The molecule has 1 aliphatic carbocycles. The van der Waals surface area contributed by atoms with E-state index in [1.54, 1.807) is 6.20 Å². The van der Waals surface area contributed by atoms with Gasteiger partial charge in [0.05, 0.1) is 17.9 Å². The lowest BCUT2D eigenvalue weighted by atomic mass is 9.82. The Labute approximate surface area is 191 Å². The SMILES string of the molecule is CC(c1ccc(Cl)cc1)n1cc(NC(=O)c2noc3c2CC(c2ccccc2)CC3)cn1. The largest absolute Gasteiger partial charge is 0.360 e. The summed E-state index contributed by atoms with van der Waals surface area (Å²) in [5, 5.41) is 12.1. The van der Waals surface area contributed by atoms with E-state index < -0.39 is 0 Å². The van der Waals surface area contributed by atoms with E-state index in [-0.39, 0.29) is 11.9 Å². The van der Waals surface area contributed by atoms with Gasteiger partial charge in [-0.15, -0.1) is 0 Å². The van der Waals surface area contributed by atoms with Crippen LogP contribution in [0.3, 0.4) is 0 Å². The predicted octanol–water partition coefficient (Wildman–Crippen LogP) is 5.66. The lowest BCUT2D eigenvalue weighted by Crippen LogP contribution is -2.18. The monoisotopic (exact) mass is 446 g/mol. The minimum atomic E-state index is -0.276. The Balaban J connectivity index is 1.31. The van der Waals surface area contributed by atoms with E-state index in [4.69, 9.17) is 16.1 Å². The molecule has 1 amide bonds. The van der Waals surface area contributed by atoms with Gasteiger partial charge in [-0.2, -0.15) is 5.10 Å². The standard InChI is InChI=1S/C25H23ClN4O2/c1-16(17-7-10-20(26)11-8-17)30-15-21(14-27-30)28-25(31)24-22-13-19(9-12-23(22)32-29-24)18-5-3-2-4-6-18/h2-8,10-11,14-16,19H,9,12-13H2,1H3,(H,28,31). The Morgan fingerprint density at radius 3 is 2.75 bits per heavy atom. The quantitative estimate of drug-likeness (QED) is 0.429. The molecule has 0 saturated carbocycles. The third-order valence-corrected chi connectivity index (χ3v) is 6.39. The predicted molar refractivity (Wildman–Crippen MR) is 123 cm³/mol. The summed E-state index contributed by atoms with van der Waals surface area (Å²) in [5.41, 5.74) is 4.24. The van der Waals surface area contributed by atoms with Gasteiger partial charge in [0, 0.05) is 23.2 Å². The molecule has 0 spiro atoms.